The van der Waals surface area contributed by atoms with E-state index >= 15 is 0 Å². The third-order valence-corrected chi connectivity index (χ3v) is 3.78. The maximum Gasteiger partial charge on any atom is 0.259 e. The summed E-state index contributed by atoms with van der Waals surface area (Å²) in [6.07, 6.45) is 1.66. The van der Waals surface area contributed by atoms with Crippen LogP contribution in [0.15, 0.2) is 28.2 Å². The lowest BCUT2D eigenvalue weighted by Gasteiger charge is -2.09. The van der Waals surface area contributed by atoms with Crippen molar-refractivity contribution in [3.05, 3.63) is 39.3 Å². The molecule has 2 rings (SSSR count). The van der Waals surface area contributed by atoms with Crippen molar-refractivity contribution in [2.45, 2.75) is 6.92 Å². The molecule has 2 N–H and O–H groups in total. The number of nitrogens with one attached hydrogen (secondary N) is 2. The molecule has 1 heterocycles. The Labute approximate surface area is 118 Å². The largest absolute Gasteiger partial charge is 0.387 e. The van der Waals surface area contributed by atoms with Gasteiger partial charge in [-0.1, -0.05) is 23.0 Å². The van der Waals surface area contributed by atoms with Gasteiger partial charge in [-0.25, -0.2) is 4.98 Å². The lowest BCUT2D eigenvalue weighted by atomic mass is 10.1. The van der Waals surface area contributed by atoms with Gasteiger partial charge in [-0.05, 0) is 35.0 Å². The fourth-order valence-corrected chi connectivity index (χ4v) is 2.64. The minimum absolute atomic E-state index is 0.162. The van der Waals surface area contributed by atoms with Crippen LogP contribution in [-0.2, 0) is 0 Å². The molecule has 0 aliphatic heterocycles. The number of hydrogen-bond donors (Lipinski definition) is 2. The quantitative estimate of drug-likeness (QED) is 0.907. The van der Waals surface area contributed by atoms with Crippen molar-refractivity contribution in [2.24, 2.45) is 0 Å². The van der Waals surface area contributed by atoms with Crippen molar-refractivity contribution in [3.8, 4) is 0 Å². The average molecular weight is 326 g/mol. The first-order chi connectivity index (χ1) is 8.60. The number of rotatable bonds is 3. The van der Waals surface area contributed by atoms with E-state index < -0.39 is 0 Å². The topological polar surface area (TPSA) is 54.0 Å². The van der Waals surface area contributed by atoms with Crippen LogP contribution in [0.25, 0.3) is 0 Å². The standard InChI is InChI=1S/C12H12BrN3OS/c1-7-3-4-9(14-2)8(5-7)11(17)16-12-15-6-10(13)18-12/h3-6,14H,1-2H3,(H,15,16,17). The van der Waals surface area contributed by atoms with Gasteiger partial charge in [-0.15, -0.1) is 0 Å². The first-order valence-corrected chi connectivity index (χ1v) is 6.92. The summed E-state index contributed by atoms with van der Waals surface area (Å²) in [5.41, 5.74) is 2.46. The normalized spacial score (nSPS) is 10.2. The highest BCUT2D eigenvalue weighted by atomic mass is 79.9. The molecule has 0 saturated carbocycles. The fraction of sp³-hybridized carbons (Fsp3) is 0.167. The molecule has 18 heavy (non-hydrogen) atoms. The Balaban J connectivity index is 2.25. The van der Waals surface area contributed by atoms with Crippen molar-refractivity contribution in [3.63, 3.8) is 0 Å². The van der Waals surface area contributed by atoms with Gasteiger partial charge in [0.05, 0.1) is 15.5 Å². The SMILES string of the molecule is CNc1ccc(C)cc1C(=O)Nc1ncc(Br)s1. The molecule has 0 spiro atoms. The molecule has 0 aliphatic rings. The maximum atomic E-state index is 12.2. The number of benzene rings is 1. The van der Waals surface area contributed by atoms with E-state index in [9.17, 15) is 4.79 Å². The summed E-state index contributed by atoms with van der Waals surface area (Å²) >= 11 is 4.69. The molecule has 6 heteroatoms. The van der Waals surface area contributed by atoms with Crippen molar-refractivity contribution in [1.29, 1.82) is 0 Å². The smallest absolute Gasteiger partial charge is 0.259 e. The second-order valence-electron chi connectivity index (χ2n) is 3.72. The van der Waals surface area contributed by atoms with Gasteiger partial charge >= 0.3 is 0 Å². The average Bonchev–Trinajstić information content (AvgIpc) is 2.74. The van der Waals surface area contributed by atoms with Gasteiger partial charge in [0.1, 0.15) is 0 Å². The monoisotopic (exact) mass is 325 g/mol. The molecule has 0 radical (unpaired) electrons. The summed E-state index contributed by atoms with van der Waals surface area (Å²) in [4.78, 5) is 16.2. The number of halogens is 1. The van der Waals surface area contributed by atoms with Crippen molar-refractivity contribution >= 4 is 44.0 Å². The first-order valence-electron chi connectivity index (χ1n) is 5.31. The number of amides is 1. The number of hydrogen-bond acceptors (Lipinski definition) is 4. The van der Waals surface area contributed by atoms with Crippen LogP contribution >= 0.6 is 27.3 Å². The fourth-order valence-electron chi connectivity index (χ4n) is 1.54. The van der Waals surface area contributed by atoms with Crippen LogP contribution in [0.2, 0.25) is 0 Å². The summed E-state index contributed by atoms with van der Waals surface area (Å²) in [6, 6.07) is 5.70. The summed E-state index contributed by atoms with van der Waals surface area (Å²) in [7, 11) is 1.79. The van der Waals surface area contributed by atoms with Crippen molar-refractivity contribution in [1.82, 2.24) is 4.98 Å². The van der Waals surface area contributed by atoms with Crippen LogP contribution in [0.3, 0.4) is 0 Å². The van der Waals surface area contributed by atoms with Crippen molar-refractivity contribution in [2.75, 3.05) is 17.7 Å². The second kappa shape index (κ2) is 5.49. The Morgan fingerprint density at radius 2 is 2.22 bits per heavy atom. The van der Waals surface area contributed by atoms with E-state index in [1.165, 1.54) is 11.3 Å². The van der Waals surface area contributed by atoms with Crippen LogP contribution in [0.5, 0.6) is 0 Å². The van der Waals surface area contributed by atoms with Crippen LogP contribution in [0, 0.1) is 6.92 Å². The first kappa shape index (κ1) is 13.0. The van der Waals surface area contributed by atoms with Gasteiger partial charge in [-0.3, -0.25) is 10.1 Å². The number of anilines is 2. The predicted molar refractivity (Wildman–Crippen MR) is 78.5 cm³/mol. The lowest BCUT2D eigenvalue weighted by Crippen LogP contribution is -2.14. The van der Waals surface area contributed by atoms with Gasteiger partial charge in [0.2, 0.25) is 0 Å². The summed E-state index contributed by atoms with van der Waals surface area (Å²) in [5.74, 6) is -0.162. The maximum absolute atomic E-state index is 12.2. The molecule has 4 nitrogen and oxygen atoms in total. The summed E-state index contributed by atoms with van der Waals surface area (Å²) in [6.45, 7) is 1.95. The number of aryl methyl sites for hydroxylation is 1. The Hall–Kier alpha value is -1.40. The molecule has 0 fully saturated rings. The number of nitrogens with zero attached hydrogens (tertiary/aromatic N) is 1. The van der Waals surface area contributed by atoms with E-state index in [0.29, 0.717) is 10.7 Å². The van der Waals surface area contributed by atoms with Crippen LogP contribution in [0.1, 0.15) is 15.9 Å². The Morgan fingerprint density at radius 1 is 1.44 bits per heavy atom. The van der Waals surface area contributed by atoms with Gasteiger partial charge in [-0.2, -0.15) is 0 Å². The zero-order valence-electron chi connectivity index (χ0n) is 9.95. The molecule has 1 aromatic carbocycles. The molecule has 0 aliphatic carbocycles. The molecule has 0 unspecified atom stereocenters. The second-order valence-corrected chi connectivity index (χ2v) is 6.13. The van der Waals surface area contributed by atoms with E-state index in [-0.39, 0.29) is 5.91 Å². The van der Waals surface area contributed by atoms with Gasteiger partial charge in [0, 0.05) is 12.7 Å². The molecule has 1 amide bonds. The zero-order chi connectivity index (χ0) is 13.1. The minimum atomic E-state index is -0.162. The highest BCUT2D eigenvalue weighted by molar-refractivity contribution is 9.11. The summed E-state index contributed by atoms with van der Waals surface area (Å²) < 4.78 is 0.885. The predicted octanol–water partition coefficient (Wildman–Crippen LogP) is 3.51. The van der Waals surface area contributed by atoms with E-state index in [2.05, 4.69) is 31.5 Å². The van der Waals surface area contributed by atoms with E-state index in [4.69, 9.17) is 0 Å². The Kier molecular flexibility index (Phi) is 3.98. The molecule has 94 valence electrons. The summed E-state index contributed by atoms with van der Waals surface area (Å²) in [5, 5.41) is 6.37. The van der Waals surface area contributed by atoms with Crippen molar-refractivity contribution < 1.29 is 4.79 Å². The molecule has 0 bridgehead atoms. The third-order valence-electron chi connectivity index (χ3n) is 2.39. The molecule has 0 saturated heterocycles. The number of carbonyl (C=O) groups excluding carboxylic acids is 1. The van der Waals surface area contributed by atoms with Gasteiger partial charge < -0.3 is 5.32 Å². The lowest BCUT2D eigenvalue weighted by molar-refractivity contribution is 0.102. The van der Waals surface area contributed by atoms with E-state index in [1.807, 2.05) is 25.1 Å². The highest BCUT2D eigenvalue weighted by Crippen LogP contribution is 2.25. The van der Waals surface area contributed by atoms with E-state index in [0.717, 1.165) is 15.0 Å². The molecule has 0 atom stereocenters. The Bertz CT molecular complexity index is 582. The molecule has 2 aromatic rings. The third kappa shape index (κ3) is 2.88. The highest BCUT2D eigenvalue weighted by Gasteiger charge is 2.12. The van der Waals surface area contributed by atoms with Gasteiger partial charge in [0.15, 0.2) is 5.13 Å². The van der Waals surface area contributed by atoms with E-state index in [1.54, 1.807) is 13.2 Å². The van der Waals surface area contributed by atoms with Crippen LogP contribution in [-0.4, -0.2) is 17.9 Å². The number of carbonyl (C=O) groups is 1. The van der Waals surface area contributed by atoms with Gasteiger partial charge in [0.25, 0.3) is 5.91 Å². The molecular formula is C12H12BrN3OS. The zero-order valence-corrected chi connectivity index (χ0v) is 12.4. The minimum Gasteiger partial charge on any atom is -0.387 e. The van der Waals surface area contributed by atoms with Crippen LogP contribution < -0.4 is 10.6 Å². The molecular weight excluding hydrogens is 314 g/mol. The Morgan fingerprint density at radius 3 is 2.83 bits per heavy atom. The number of aromatic nitrogens is 1. The number of thiazole rings is 1. The molecule has 1 aromatic heterocycles. The van der Waals surface area contributed by atoms with Crippen LogP contribution in [0.4, 0.5) is 10.8 Å².